The number of carbonyl (C=O) groups excluding carboxylic acids is 2. The third-order valence-corrected chi connectivity index (χ3v) is 3.33. The van der Waals surface area contributed by atoms with E-state index >= 15 is 0 Å². The van der Waals surface area contributed by atoms with E-state index < -0.39 is 0 Å². The Morgan fingerprint density at radius 3 is 2.85 bits per heavy atom. The lowest BCUT2D eigenvalue weighted by Crippen LogP contribution is -2.30. The zero-order valence-electron chi connectivity index (χ0n) is 11.7. The maximum Gasteiger partial charge on any atom is 0.240 e. The van der Waals surface area contributed by atoms with E-state index in [-0.39, 0.29) is 12.5 Å². The summed E-state index contributed by atoms with van der Waals surface area (Å²) in [6.45, 7) is 3.01. The summed E-state index contributed by atoms with van der Waals surface area (Å²) >= 11 is 0. The van der Waals surface area contributed by atoms with Gasteiger partial charge in [0.1, 0.15) is 6.54 Å². The van der Waals surface area contributed by atoms with E-state index in [0.717, 1.165) is 22.9 Å². The zero-order chi connectivity index (χ0) is 14.5. The molecule has 0 radical (unpaired) electrons. The molecule has 1 heterocycles. The molecule has 1 amide bonds. The van der Waals surface area contributed by atoms with E-state index in [1.165, 1.54) is 0 Å². The van der Waals surface area contributed by atoms with Crippen LogP contribution < -0.4 is 5.32 Å². The molecule has 106 valence electrons. The highest BCUT2D eigenvalue weighted by Gasteiger charge is 2.14. The van der Waals surface area contributed by atoms with Gasteiger partial charge in [-0.25, -0.2) is 0 Å². The second-order valence-corrected chi connectivity index (χ2v) is 4.56. The Hall–Kier alpha value is -2.14. The normalized spacial score (nSPS) is 10.7. The summed E-state index contributed by atoms with van der Waals surface area (Å²) in [5.74, 6) is -0.0941. The number of aromatic nitrogens is 1. The lowest BCUT2D eigenvalue weighted by Gasteiger charge is -2.09. The Morgan fingerprint density at radius 1 is 1.40 bits per heavy atom. The van der Waals surface area contributed by atoms with Crippen LogP contribution in [0.25, 0.3) is 10.9 Å². The number of para-hydroxylation sites is 1. The summed E-state index contributed by atoms with van der Waals surface area (Å²) in [4.78, 5) is 23.1. The molecule has 0 saturated carbocycles. The minimum absolute atomic E-state index is 0.0941. The average molecular weight is 274 g/mol. The first-order valence-electron chi connectivity index (χ1n) is 6.47. The molecule has 1 aromatic heterocycles. The molecule has 0 fully saturated rings. The van der Waals surface area contributed by atoms with E-state index in [1.807, 2.05) is 35.8 Å². The predicted molar refractivity (Wildman–Crippen MR) is 76.9 cm³/mol. The summed E-state index contributed by atoms with van der Waals surface area (Å²) in [6.07, 6.45) is 0.844. The number of methoxy groups -OCH3 is 1. The van der Waals surface area contributed by atoms with Crippen LogP contribution in [0.3, 0.4) is 0 Å². The monoisotopic (exact) mass is 274 g/mol. The molecule has 20 heavy (non-hydrogen) atoms. The van der Waals surface area contributed by atoms with Crippen LogP contribution in [0.4, 0.5) is 0 Å². The molecule has 0 spiro atoms. The van der Waals surface area contributed by atoms with Crippen molar-refractivity contribution in [2.45, 2.75) is 13.5 Å². The highest BCUT2D eigenvalue weighted by molar-refractivity contribution is 5.99. The number of ether oxygens (including phenoxy) is 1. The van der Waals surface area contributed by atoms with Gasteiger partial charge in [0, 0.05) is 35.8 Å². The van der Waals surface area contributed by atoms with E-state index in [9.17, 15) is 9.59 Å². The molecular formula is C15H18N2O3. The molecular weight excluding hydrogens is 256 g/mol. The highest BCUT2D eigenvalue weighted by atomic mass is 16.5. The molecule has 0 saturated heterocycles. The van der Waals surface area contributed by atoms with E-state index in [4.69, 9.17) is 4.74 Å². The van der Waals surface area contributed by atoms with Crippen molar-refractivity contribution in [3.05, 3.63) is 35.5 Å². The first kappa shape index (κ1) is 14.3. The average Bonchev–Trinajstić information content (AvgIpc) is 2.72. The molecule has 0 aliphatic carbocycles. The van der Waals surface area contributed by atoms with Gasteiger partial charge in [0.15, 0.2) is 6.29 Å². The van der Waals surface area contributed by atoms with Crippen molar-refractivity contribution in [1.82, 2.24) is 9.88 Å². The Kier molecular flexibility index (Phi) is 4.53. The molecule has 0 aliphatic heterocycles. The summed E-state index contributed by atoms with van der Waals surface area (Å²) in [5.41, 5.74) is 2.35. The van der Waals surface area contributed by atoms with E-state index in [2.05, 4.69) is 5.32 Å². The van der Waals surface area contributed by atoms with Crippen LogP contribution in [0, 0.1) is 6.92 Å². The topological polar surface area (TPSA) is 60.3 Å². The molecule has 1 aromatic carbocycles. The molecule has 0 atom stereocenters. The molecule has 5 nitrogen and oxygen atoms in total. The van der Waals surface area contributed by atoms with Crippen molar-refractivity contribution in [1.29, 1.82) is 0 Å². The third kappa shape index (κ3) is 2.72. The Balaban J connectivity index is 2.28. The van der Waals surface area contributed by atoms with Crippen LogP contribution in [0.5, 0.6) is 0 Å². The van der Waals surface area contributed by atoms with Crippen molar-refractivity contribution in [3.8, 4) is 0 Å². The van der Waals surface area contributed by atoms with Crippen LogP contribution in [0.2, 0.25) is 0 Å². The molecule has 2 rings (SSSR count). The van der Waals surface area contributed by atoms with Gasteiger partial charge in [-0.2, -0.15) is 0 Å². The lowest BCUT2D eigenvalue weighted by molar-refractivity contribution is -0.121. The largest absolute Gasteiger partial charge is 0.383 e. The van der Waals surface area contributed by atoms with Crippen LogP contribution in [0.1, 0.15) is 16.1 Å². The third-order valence-electron chi connectivity index (χ3n) is 3.33. The second-order valence-electron chi connectivity index (χ2n) is 4.56. The number of nitrogens with zero attached hydrogens (tertiary/aromatic N) is 1. The maximum atomic E-state index is 11.9. The number of rotatable bonds is 6. The van der Waals surface area contributed by atoms with Gasteiger partial charge < -0.3 is 14.6 Å². The second kappa shape index (κ2) is 6.34. The first-order valence-corrected chi connectivity index (χ1v) is 6.47. The molecule has 1 N–H and O–H groups in total. The molecule has 0 bridgehead atoms. The zero-order valence-corrected chi connectivity index (χ0v) is 11.7. The Labute approximate surface area is 117 Å². The van der Waals surface area contributed by atoms with Crippen molar-refractivity contribution in [2.75, 3.05) is 20.3 Å². The minimum Gasteiger partial charge on any atom is -0.383 e. The fourth-order valence-corrected chi connectivity index (χ4v) is 2.30. The number of benzene rings is 1. The van der Waals surface area contributed by atoms with Gasteiger partial charge in [-0.1, -0.05) is 18.2 Å². The van der Waals surface area contributed by atoms with Crippen LogP contribution >= 0.6 is 0 Å². The Morgan fingerprint density at radius 2 is 2.15 bits per heavy atom. The minimum atomic E-state index is -0.0941. The number of hydrogen-bond donors (Lipinski definition) is 1. The van der Waals surface area contributed by atoms with E-state index in [1.54, 1.807) is 7.11 Å². The standard InChI is InChI=1S/C15H18N2O3/c1-11-13(10-18)12-5-3-4-6-14(12)17(11)9-15(19)16-7-8-20-2/h3-6,10H,7-9H2,1-2H3,(H,16,19). The number of fused-ring (bicyclic) bond motifs is 1. The number of aldehydes is 1. The van der Waals surface area contributed by atoms with Gasteiger partial charge >= 0.3 is 0 Å². The smallest absolute Gasteiger partial charge is 0.240 e. The molecule has 0 aliphatic rings. The first-order chi connectivity index (χ1) is 9.69. The SMILES string of the molecule is COCCNC(=O)Cn1c(C)c(C=O)c2ccccc21. The Bertz CT molecular complexity index is 631. The summed E-state index contributed by atoms with van der Waals surface area (Å²) < 4.78 is 6.75. The van der Waals surface area contributed by atoms with Crippen molar-refractivity contribution in [3.63, 3.8) is 0 Å². The summed E-state index contributed by atoms with van der Waals surface area (Å²) in [6, 6.07) is 7.59. The number of carbonyl (C=O) groups is 2. The fraction of sp³-hybridized carbons (Fsp3) is 0.333. The van der Waals surface area contributed by atoms with Crippen molar-refractivity contribution in [2.24, 2.45) is 0 Å². The number of nitrogens with one attached hydrogen (secondary N) is 1. The highest BCUT2D eigenvalue weighted by Crippen LogP contribution is 2.24. The molecule has 2 aromatic rings. The van der Waals surface area contributed by atoms with Gasteiger partial charge in [0.25, 0.3) is 0 Å². The number of hydrogen-bond acceptors (Lipinski definition) is 3. The lowest BCUT2D eigenvalue weighted by atomic mass is 10.1. The van der Waals surface area contributed by atoms with Gasteiger partial charge in [0.2, 0.25) is 5.91 Å². The quantitative estimate of drug-likeness (QED) is 0.642. The summed E-state index contributed by atoms with van der Waals surface area (Å²) in [5, 5.41) is 3.66. The van der Waals surface area contributed by atoms with Crippen LogP contribution in [-0.2, 0) is 16.1 Å². The van der Waals surface area contributed by atoms with Crippen LogP contribution in [-0.4, -0.2) is 37.0 Å². The number of amides is 1. The molecule has 5 heteroatoms. The van der Waals surface area contributed by atoms with Gasteiger partial charge in [0.05, 0.1) is 6.61 Å². The predicted octanol–water partition coefficient (Wildman–Crippen LogP) is 1.52. The van der Waals surface area contributed by atoms with Crippen LogP contribution in [0.15, 0.2) is 24.3 Å². The fourth-order valence-electron chi connectivity index (χ4n) is 2.30. The van der Waals surface area contributed by atoms with E-state index in [0.29, 0.717) is 18.7 Å². The van der Waals surface area contributed by atoms with Crippen molar-refractivity contribution >= 4 is 23.1 Å². The molecule has 0 unspecified atom stereocenters. The van der Waals surface area contributed by atoms with Gasteiger partial charge in [-0.15, -0.1) is 0 Å². The maximum absolute atomic E-state index is 11.9. The van der Waals surface area contributed by atoms with Crippen molar-refractivity contribution < 1.29 is 14.3 Å². The summed E-state index contributed by atoms with van der Waals surface area (Å²) in [7, 11) is 1.59. The van der Waals surface area contributed by atoms with Gasteiger partial charge in [-0.3, -0.25) is 9.59 Å². The van der Waals surface area contributed by atoms with Gasteiger partial charge in [-0.05, 0) is 13.0 Å².